The second kappa shape index (κ2) is 3.51. The predicted molar refractivity (Wildman–Crippen MR) is 47.1 cm³/mol. The lowest BCUT2D eigenvalue weighted by molar-refractivity contribution is -0.146. The molecule has 13 heavy (non-hydrogen) atoms. The van der Waals surface area contributed by atoms with Gasteiger partial charge in [0.15, 0.2) is 0 Å². The monoisotopic (exact) mass is 180 g/mol. The van der Waals surface area contributed by atoms with Crippen molar-refractivity contribution in [2.75, 3.05) is 7.11 Å². The normalized spacial score (nSPS) is 11.0. The Morgan fingerprint density at radius 3 is 2.38 bits per heavy atom. The first-order chi connectivity index (χ1) is 6.09. The van der Waals surface area contributed by atoms with E-state index in [1.165, 1.54) is 13.4 Å². The third-order valence-electron chi connectivity index (χ3n) is 1.98. The standard InChI is InChI=1S/C9H12N2O2/c1-9(2,8(12)13-3)7-4-10-6-11-5-7/h4-6H,1-3H3. The van der Waals surface area contributed by atoms with Crippen molar-refractivity contribution < 1.29 is 9.53 Å². The zero-order chi connectivity index (χ0) is 9.90. The molecule has 0 radical (unpaired) electrons. The van der Waals surface area contributed by atoms with Crippen molar-refractivity contribution in [2.24, 2.45) is 0 Å². The van der Waals surface area contributed by atoms with Crippen LogP contribution in [0, 0.1) is 0 Å². The molecule has 0 unspecified atom stereocenters. The minimum atomic E-state index is -0.685. The highest BCUT2D eigenvalue weighted by molar-refractivity contribution is 5.81. The van der Waals surface area contributed by atoms with E-state index in [4.69, 9.17) is 0 Å². The molecule has 1 rings (SSSR count). The van der Waals surface area contributed by atoms with Crippen LogP contribution in [-0.4, -0.2) is 23.0 Å². The highest BCUT2D eigenvalue weighted by atomic mass is 16.5. The van der Waals surface area contributed by atoms with Gasteiger partial charge in [-0.1, -0.05) is 0 Å². The number of ether oxygens (including phenoxy) is 1. The molecule has 4 heteroatoms. The number of nitrogens with zero attached hydrogens (tertiary/aromatic N) is 2. The number of methoxy groups -OCH3 is 1. The third kappa shape index (κ3) is 1.83. The zero-order valence-electron chi connectivity index (χ0n) is 7.94. The van der Waals surface area contributed by atoms with E-state index in [1.54, 1.807) is 26.2 Å². The van der Waals surface area contributed by atoms with Gasteiger partial charge < -0.3 is 4.74 Å². The second-order valence-electron chi connectivity index (χ2n) is 3.24. The van der Waals surface area contributed by atoms with Gasteiger partial charge in [0.25, 0.3) is 0 Å². The van der Waals surface area contributed by atoms with Crippen LogP contribution in [0.3, 0.4) is 0 Å². The largest absolute Gasteiger partial charge is 0.468 e. The lowest BCUT2D eigenvalue weighted by atomic mass is 9.87. The summed E-state index contributed by atoms with van der Waals surface area (Å²) in [6.45, 7) is 3.55. The molecule has 0 N–H and O–H groups in total. The van der Waals surface area contributed by atoms with Crippen LogP contribution in [0.4, 0.5) is 0 Å². The predicted octanol–water partition coefficient (Wildman–Crippen LogP) is 0.927. The van der Waals surface area contributed by atoms with E-state index in [-0.39, 0.29) is 5.97 Å². The Bertz CT molecular complexity index is 296. The zero-order valence-corrected chi connectivity index (χ0v) is 7.94. The van der Waals surface area contributed by atoms with Gasteiger partial charge in [0, 0.05) is 18.0 Å². The van der Waals surface area contributed by atoms with E-state index >= 15 is 0 Å². The van der Waals surface area contributed by atoms with Gasteiger partial charge in [-0.25, -0.2) is 9.97 Å². The smallest absolute Gasteiger partial charge is 0.315 e. The number of aromatic nitrogens is 2. The van der Waals surface area contributed by atoms with Crippen LogP contribution in [0.15, 0.2) is 18.7 Å². The summed E-state index contributed by atoms with van der Waals surface area (Å²) in [6.07, 6.45) is 4.66. The Labute approximate surface area is 77.0 Å². The van der Waals surface area contributed by atoms with Crippen molar-refractivity contribution in [3.63, 3.8) is 0 Å². The molecule has 0 saturated carbocycles. The Hall–Kier alpha value is -1.45. The highest BCUT2D eigenvalue weighted by Crippen LogP contribution is 2.22. The van der Waals surface area contributed by atoms with E-state index in [0.717, 1.165) is 5.56 Å². The van der Waals surface area contributed by atoms with Crippen LogP contribution in [0.25, 0.3) is 0 Å². The van der Waals surface area contributed by atoms with Gasteiger partial charge in [-0.15, -0.1) is 0 Å². The summed E-state index contributed by atoms with van der Waals surface area (Å²) in [4.78, 5) is 19.1. The van der Waals surface area contributed by atoms with Gasteiger partial charge in [-0.2, -0.15) is 0 Å². The summed E-state index contributed by atoms with van der Waals surface area (Å²) in [6, 6.07) is 0. The Morgan fingerprint density at radius 1 is 1.38 bits per heavy atom. The average molecular weight is 180 g/mol. The average Bonchev–Trinajstić information content (AvgIpc) is 2.18. The Morgan fingerprint density at radius 2 is 1.92 bits per heavy atom. The molecular formula is C9H12N2O2. The molecule has 0 aliphatic heterocycles. The van der Waals surface area contributed by atoms with Crippen molar-refractivity contribution in [1.82, 2.24) is 9.97 Å². The van der Waals surface area contributed by atoms with Gasteiger partial charge in [0.1, 0.15) is 6.33 Å². The second-order valence-corrected chi connectivity index (χ2v) is 3.24. The molecule has 0 aromatic carbocycles. The number of esters is 1. The van der Waals surface area contributed by atoms with Crippen molar-refractivity contribution >= 4 is 5.97 Å². The number of carbonyl (C=O) groups excluding carboxylic acids is 1. The quantitative estimate of drug-likeness (QED) is 0.635. The molecule has 0 spiro atoms. The lowest BCUT2D eigenvalue weighted by Crippen LogP contribution is -2.30. The van der Waals surface area contributed by atoms with Gasteiger partial charge in [0.05, 0.1) is 12.5 Å². The van der Waals surface area contributed by atoms with E-state index in [9.17, 15) is 4.79 Å². The molecule has 0 amide bonds. The van der Waals surface area contributed by atoms with E-state index in [1.807, 2.05) is 0 Å². The minimum Gasteiger partial charge on any atom is -0.468 e. The van der Waals surface area contributed by atoms with E-state index in [2.05, 4.69) is 14.7 Å². The molecule has 1 aromatic rings. The van der Waals surface area contributed by atoms with Gasteiger partial charge in [0.2, 0.25) is 0 Å². The van der Waals surface area contributed by atoms with Crippen molar-refractivity contribution in [1.29, 1.82) is 0 Å². The molecule has 70 valence electrons. The summed E-state index contributed by atoms with van der Waals surface area (Å²) in [7, 11) is 1.37. The first-order valence-corrected chi connectivity index (χ1v) is 3.93. The molecule has 1 aromatic heterocycles. The van der Waals surface area contributed by atoms with Gasteiger partial charge in [-0.3, -0.25) is 4.79 Å². The Kier molecular flexibility index (Phi) is 2.60. The Balaban J connectivity index is 3.00. The van der Waals surface area contributed by atoms with Crippen molar-refractivity contribution in [2.45, 2.75) is 19.3 Å². The van der Waals surface area contributed by atoms with Crippen molar-refractivity contribution in [3.05, 3.63) is 24.3 Å². The van der Waals surface area contributed by atoms with Crippen LogP contribution < -0.4 is 0 Å². The number of carbonyl (C=O) groups is 1. The molecule has 0 aliphatic carbocycles. The van der Waals surface area contributed by atoms with Gasteiger partial charge >= 0.3 is 5.97 Å². The van der Waals surface area contributed by atoms with Gasteiger partial charge in [-0.05, 0) is 13.8 Å². The fraction of sp³-hybridized carbons (Fsp3) is 0.444. The van der Waals surface area contributed by atoms with Crippen LogP contribution >= 0.6 is 0 Å². The number of hydrogen-bond donors (Lipinski definition) is 0. The summed E-state index contributed by atoms with van der Waals surface area (Å²) in [5.41, 5.74) is 0.0672. The molecule has 0 bridgehead atoms. The molecule has 1 heterocycles. The fourth-order valence-corrected chi connectivity index (χ4v) is 0.995. The fourth-order valence-electron chi connectivity index (χ4n) is 0.995. The third-order valence-corrected chi connectivity index (χ3v) is 1.98. The maximum atomic E-state index is 11.4. The first kappa shape index (κ1) is 9.64. The summed E-state index contributed by atoms with van der Waals surface area (Å²) < 4.78 is 4.67. The molecule has 0 aliphatic rings. The lowest BCUT2D eigenvalue weighted by Gasteiger charge is -2.20. The maximum Gasteiger partial charge on any atom is 0.315 e. The molecule has 0 saturated heterocycles. The maximum absolute atomic E-state index is 11.4. The molecular weight excluding hydrogens is 168 g/mol. The van der Waals surface area contributed by atoms with Crippen LogP contribution in [0.5, 0.6) is 0 Å². The summed E-state index contributed by atoms with van der Waals surface area (Å²) >= 11 is 0. The van der Waals surface area contributed by atoms with E-state index in [0.29, 0.717) is 0 Å². The summed E-state index contributed by atoms with van der Waals surface area (Å²) in [5.74, 6) is -0.290. The number of rotatable bonds is 2. The minimum absolute atomic E-state index is 0.290. The van der Waals surface area contributed by atoms with Crippen molar-refractivity contribution in [3.8, 4) is 0 Å². The number of hydrogen-bond acceptors (Lipinski definition) is 4. The highest BCUT2D eigenvalue weighted by Gasteiger charge is 2.31. The topological polar surface area (TPSA) is 52.1 Å². The van der Waals surface area contributed by atoms with Crippen LogP contribution in [0.1, 0.15) is 19.4 Å². The van der Waals surface area contributed by atoms with Crippen LogP contribution in [-0.2, 0) is 14.9 Å². The van der Waals surface area contributed by atoms with E-state index < -0.39 is 5.41 Å². The summed E-state index contributed by atoms with van der Waals surface area (Å²) in [5, 5.41) is 0. The first-order valence-electron chi connectivity index (χ1n) is 3.93. The van der Waals surface area contributed by atoms with Crippen LogP contribution in [0.2, 0.25) is 0 Å². The SMILES string of the molecule is COC(=O)C(C)(C)c1cncnc1. The molecule has 0 atom stereocenters. The molecule has 4 nitrogen and oxygen atoms in total. The molecule has 0 fully saturated rings.